The number of rotatable bonds is 9. The van der Waals surface area contributed by atoms with E-state index in [0.29, 0.717) is 38.1 Å². The molecule has 3 saturated heterocycles. The molecule has 3 aliphatic heterocycles. The summed E-state index contributed by atoms with van der Waals surface area (Å²) in [7, 11) is 0. The van der Waals surface area contributed by atoms with Crippen molar-refractivity contribution in [3.05, 3.63) is 91.0 Å². The Kier molecular flexibility index (Phi) is 22.9. The van der Waals surface area contributed by atoms with E-state index >= 15 is 0 Å². The predicted molar refractivity (Wildman–Crippen MR) is 170 cm³/mol. The van der Waals surface area contributed by atoms with Crippen molar-refractivity contribution in [1.82, 2.24) is 0 Å². The van der Waals surface area contributed by atoms with Crippen LogP contribution in [0.1, 0.15) is 55.4 Å². The fourth-order valence-corrected chi connectivity index (χ4v) is 2.61. The average molecular weight is 571 g/mol. The van der Waals surface area contributed by atoms with Crippen LogP contribution in [0, 0.1) is 0 Å². The Balaban J connectivity index is 0.000000522. The van der Waals surface area contributed by atoms with Crippen molar-refractivity contribution in [3.8, 4) is 17.2 Å². The molecule has 3 unspecified atom stereocenters. The van der Waals surface area contributed by atoms with E-state index < -0.39 is 0 Å². The van der Waals surface area contributed by atoms with E-state index in [1.165, 1.54) is 12.8 Å². The molecule has 0 bridgehead atoms. The van der Waals surface area contributed by atoms with Crippen LogP contribution in [0.25, 0.3) is 0 Å². The van der Waals surface area contributed by atoms with Gasteiger partial charge in [0.05, 0.1) is 19.8 Å². The monoisotopic (exact) mass is 570 g/mol. The highest BCUT2D eigenvalue weighted by molar-refractivity contribution is 5.22. The van der Waals surface area contributed by atoms with Crippen LogP contribution in [-0.2, 0) is 14.2 Å². The minimum atomic E-state index is 0. The van der Waals surface area contributed by atoms with E-state index in [0.717, 1.165) is 37.1 Å². The number of para-hydroxylation sites is 3. The van der Waals surface area contributed by atoms with Crippen molar-refractivity contribution in [3.63, 3.8) is 0 Å². The highest BCUT2D eigenvalue weighted by atomic mass is 16.6. The molecule has 0 aromatic heterocycles. The Bertz CT molecular complexity index is 802. The maximum Gasteiger partial charge on any atom is 0.119 e. The number of hydrogen-bond donors (Lipinski definition) is 0. The van der Waals surface area contributed by atoms with Gasteiger partial charge in [-0.1, -0.05) is 110 Å². The van der Waals surface area contributed by atoms with Gasteiger partial charge in [-0.15, -0.1) is 0 Å². The van der Waals surface area contributed by atoms with Gasteiger partial charge in [-0.2, -0.15) is 0 Å². The summed E-state index contributed by atoms with van der Waals surface area (Å²) in [5, 5.41) is 0. The molecular weight excluding hydrogens is 516 g/mol. The molecule has 3 atom stereocenters. The van der Waals surface area contributed by atoms with Crippen LogP contribution >= 0.6 is 0 Å². The van der Waals surface area contributed by atoms with Crippen molar-refractivity contribution in [2.75, 3.05) is 39.6 Å². The molecule has 41 heavy (non-hydrogen) atoms. The normalized spacial score (nSPS) is 18.0. The second-order valence-corrected chi connectivity index (χ2v) is 9.15. The zero-order valence-electron chi connectivity index (χ0n) is 24.0. The number of ether oxygens (including phenoxy) is 6. The van der Waals surface area contributed by atoms with Crippen molar-refractivity contribution < 1.29 is 28.4 Å². The molecule has 3 aromatic rings. The second kappa shape index (κ2) is 24.7. The first kappa shape index (κ1) is 37.9. The summed E-state index contributed by atoms with van der Waals surface area (Å²) in [4.78, 5) is 0. The van der Waals surface area contributed by atoms with Gasteiger partial charge in [0.2, 0.25) is 0 Å². The highest BCUT2D eigenvalue weighted by Gasteiger charge is 2.24. The summed E-state index contributed by atoms with van der Waals surface area (Å²) in [5.74, 6) is 2.76. The maximum absolute atomic E-state index is 5.40. The molecule has 0 saturated carbocycles. The Morgan fingerprint density at radius 3 is 0.829 bits per heavy atom. The Labute approximate surface area is 249 Å². The smallest absolute Gasteiger partial charge is 0.119 e. The molecular formula is C35H54O6. The summed E-state index contributed by atoms with van der Waals surface area (Å²) in [5.41, 5.74) is 0. The van der Waals surface area contributed by atoms with Crippen LogP contribution in [0.4, 0.5) is 0 Å². The standard InChI is InChI=1S/3C9H10O2.2C3H8.2CH4/c3*1-2-4-8(5-3-1)10-6-9-7-11-9;2*1-3-2;;/h3*1-5,9H,6-7H2;2*3H2,1-2H3;2*1H4. The number of hydrogen-bond acceptors (Lipinski definition) is 6. The Morgan fingerprint density at radius 2 is 0.659 bits per heavy atom. The van der Waals surface area contributed by atoms with Gasteiger partial charge in [0.1, 0.15) is 55.4 Å². The maximum atomic E-state index is 5.40. The predicted octanol–water partition coefficient (Wildman–Crippen LogP) is 8.50. The molecule has 3 fully saturated rings. The zero-order chi connectivity index (χ0) is 28.0. The molecule has 6 rings (SSSR count). The third-order valence-corrected chi connectivity index (χ3v) is 4.74. The molecule has 3 aromatic carbocycles. The van der Waals surface area contributed by atoms with Crippen molar-refractivity contribution in [2.45, 2.75) is 73.7 Å². The van der Waals surface area contributed by atoms with Gasteiger partial charge in [0.15, 0.2) is 0 Å². The largest absolute Gasteiger partial charge is 0.491 e. The van der Waals surface area contributed by atoms with Crippen LogP contribution in [0.2, 0.25) is 0 Å². The number of benzene rings is 3. The molecule has 0 radical (unpaired) electrons. The summed E-state index contributed by atoms with van der Waals surface area (Å²) in [6.07, 6.45) is 3.53. The molecule has 6 heteroatoms. The van der Waals surface area contributed by atoms with Gasteiger partial charge in [-0.25, -0.2) is 0 Å². The van der Waals surface area contributed by atoms with Crippen LogP contribution < -0.4 is 14.2 Å². The quantitative estimate of drug-likeness (QED) is 0.240. The third-order valence-electron chi connectivity index (χ3n) is 4.74. The van der Waals surface area contributed by atoms with E-state index in [2.05, 4.69) is 27.7 Å². The summed E-state index contributed by atoms with van der Waals surface area (Å²) in [6.45, 7) is 13.1. The number of epoxide rings is 3. The molecule has 6 nitrogen and oxygen atoms in total. The summed E-state index contributed by atoms with van der Waals surface area (Å²) >= 11 is 0. The molecule has 3 aliphatic rings. The van der Waals surface area contributed by atoms with Gasteiger partial charge in [-0.05, 0) is 36.4 Å². The molecule has 0 spiro atoms. The molecule has 3 heterocycles. The lowest BCUT2D eigenvalue weighted by Crippen LogP contribution is -2.03. The van der Waals surface area contributed by atoms with E-state index in [4.69, 9.17) is 28.4 Å². The lowest BCUT2D eigenvalue weighted by Gasteiger charge is -2.01. The lowest BCUT2D eigenvalue weighted by molar-refractivity contribution is 0.263. The van der Waals surface area contributed by atoms with E-state index in [-0.39, 0.29) is 14.9 Å². The first-order valence-corrected chi connectivity index (χ1v) is 14.1. The van der Waals surface area contributed by atoms with Crippen LogP contribution in [-0.4, -0.2) is 58.0 Å². The first-order valence-electron chi connectivity index (χ1n) is 14.1. The fourth-order valence-electron chi connectivity index (χ4n) is 2.61. The van der Waals surface area contributed by atoms with Crippen molar-refractivity contribution in [2.24, 2.45) is 0 Å². The van der Waals surface area contributed by atoms with E-state index in [9.17, 15) is 0 Å². The van der Waals surface area contributed by atoms with Gasteiger partial charge < -0.3 is 28.4 Å². The lowest BCUT2D eigenvalue weighted by atomic mass is 10.3. The SMILES string of the molecule is C.C.CCC.CCC.c1ccc(OCC2CO2)cc1.c1ccc(OCC2CO2)cc1.c1ccc(OCC2CO2)cc1. The summed E-state index contributed by atoms with van der Waals surface area (Å²) in [6, 6.07) is 29.4. The topological polar surface area (TPSA) is 65.3 Å². The van der Waals surface area contributed by atoms with Gasteiger partial charge in [-0.3, -0.25) is 0 Å². The van der Waals surface area contributed by atoms with Crippen molar-refractivity contribution >= 4 is 0 Å². The van der Waals surface area contributed by atoms with Gasteiger partial charge in [0.25, 0.3) is 0 Å². The second-order valence-electron chi connectivity index (χ2n) is 9.15. The third kappa shape index (κ3) is 22.3. The van der Waals surface area contributed by atoms with Crippen LogP contribution in [0.5, 0.6) is 17.2 Å². The first-order chi connectivity index (χ1) is 19.2. The minimum Gasteiger partial charge on any atom is -0.491 e. The average Bonchev–Trinajstić information content (AvgIpc) is 3.84. The zero-order valence-corrected chi connectivity index (χ0v) is 24.0. The Morgan fingerprint density at radius 1 is 0.463 bits per heavy atom. The highest BCUT2D eigenvalue weighted by Crippen LogP contribution is 2.15. The van der Waals surface area contributed by atoms with E-state index in [1.54, 1.807) is 0 Å². The molecule has 0 N–H and O–H groups in total. The van der Waals surface area contributed by atoms with E-state index in [1.807, 2.05) is 91.0 Å². The molecule has 230 valence electrons. The van der Waals surface area contributed by atoms with Crippen LogP contribution in [0.15, 0.2) is 91.0 Å². The fraction of sp³-hybridized carbons (Fsp3) is 0.486. The van der Waals surface area contributed by atoms with Gasteiger partial charge in [0, 0.05) is 0 Å². The molecule has 0 amide bonds. The Hall–Kier alpha value is -3.06. The molecule has 0 aliphatic carbocycles. The van der Waals surface area contributed by atoms with Crippen LogP contribution in [0.3, 0.4) is 0 Å². The van der Waals surface area contributed by atoms with Crippen molar-refractivity contribution in [1.29, 1.82) is 0 Å². The minimum absolute atomic E-state index is 0. The van der Waals surface area contributed by atoms with Gasteiger partial charge >= 0.3 is 0 Å². The summed E-state index contributed by atoms with van der Waals surface area (Å²) < 4.78 is 31.2.